The lowest BCUT2D eigenvalue weighted by Crippen LogP contribution is -2.14. The van der Waals surface area contributed by atoms with E-state index in [9.17, 15) is 4.79 Å². The van der Waals surface area contributed by atoms with Crippen molar-refractivity contribution in [3.63, 3.8) is 0 Å². The second kappa shape index (κ2) is 8.48. The number of carbonyl (C=O) groups excluding carboxylic acids is 1. The van der Waals surface area contributed by atoms with E-state index in [1.54, 1.807) is 37.7 Å². The summed E-state index contributed by atoms with van der Waals surface area (Å²) in [6, 6.07) is 17.1. The Bertz CT molecular complexity index is 1120. The highest BCUT2D eigenvalue weighted by atomic mass is 16.5. The molecule has 0 aliphatic rings. The summed E-state index contributed by atoms with van der Waals surface area (Å²) in [5, 5.41) is 3.99. The minimum atomic E-state index is -0.0990. The Morgan fingerprint density at radius 3 is 2.83 bits per heavy atom. The number of fused-ring (bicyclic) bond motifs is 1. The van der Waals surface area contributed by atoms with Gasteiger partial charge in [0, 0.05) is 46.8 Å². The van der Waals surface area contributed by atoms with Crippen molar-refractivity contribution in [3.8, 4) is 11.5 Å². The first kappa shape index (κ1) is 18.6. The molecule has 2 N–H and O–H groups in total. The predicted molar refractivity (Wildman–Crippen MR) is 112 cm³/mol. The van der Waals surface area contributed by atoms with Crippen molar-refractivity contribution in [2.45, 2.75) is 13.0 Å². The van der Waals surface area contributed by atoms with Crippen molar-refractivity contribution in [3.05, 3.63) is 84.3 Å². The molecule has 0 unspecified atom stereocenters. The SMILES string of the molecule is COc1ccc(NC(=O)Cc2c[nH]c3ccccc23)cc1OCc1cccnc1. The summed E-state index contributed by atoms with van der Waals surface area (Å²) in [4.78, 5) is 19.8. The normalized spacial score (nSPS) is 10.7. The monoisotopic (exact) mass is 387 g/mol. The van der Waals surface area contributed by atoms with Gasteiger partial charge in [-0.2, -0.15) is 0 Å². The Morgan fingerprint density at radius 1 is 1.10 bits per heavy atom. The highest BCUT2D eigenvalue weighted by Crippen LogP contribution is 2.31. The number of rotatable bonds is 7. The number of pyridine rings is 1. The summed E-state index contributed by atoms with van der Waals surface area (Å²) in [7, 11) is 1.58. The topological polar surface area (TPSA) is 76.2 Å². The standard InChI is InChI=1S/C23H21N3O3/c1-28-21-9-8-18(12-22(21)29-15-16-5-4-10-24-13-16)26-23(27)11-17-14-25-20-7-3-2-6-19(17)20/h2-10,12-14,25H,11,15H2,1H3,(H,26,27). The Labute approximate surface area is 168 Å². The summed E-state index contributed by atoms with van der Waals surface area (Å²) in [6.45, 7) is 0.358. The molecular weight excluding hydrogens is 366 g/mol. The van der Waals surface area contributed by atoms with E-state index in [0.29, 0.717) is 23.8 Å². The van der Waals surface area contributed by atoms with Gasteiger partial charge in [0.25, 0.3) is 0 Å². The third-order valence-corrected chi connectivity index (χ3v) is 4.59. The van der Waals surface area contributed by atoms with Crippen LogP contribution in [0.4, 0.5) is 5.69 Å². The van der Waals surface area contributed by atoms with Crippen molar-refractivity contribution in [1.29, 1.82) is 0 Å². The Kier molecular flexibility index (Phi) is 5.42. The quantitative estimate of drug-likeness (QED) is 0.495. The van der Waals surface area contributed by atoms with Crippen LogP contribution in [0.1, 0.15) is 11.1 Å². The van der Waals surface area contributed by atoms with E-state index in [2.05, 4.69) is 15.3 Å². The van der Waals surface area contributed by atoms with Gasteiger partial charge in [-0.25, -0.2) is 0 Å². The highest BCUT2D eigenvalue weighted by molar-refractivity contribution is 5.96. The number of H-pyrrole nitrogens is 1. The first-order valence-electron chi connectivity index (χ1n) is 9.27. The number of benzene rings is 2. The summed E-state index contributed by atoms with van der Waals surface area (Å²) >= 11 is 0. The van der Waals surface area contributed by atoms with Gasteiger partial charge in [-0.05, 0) is 29.8 Å². The van der Waals surface area contributed by atoms with Crippen LogP contribution < -0.4 is 14.8 Å². The van der Waals surface area contributed by atoms with Crippen molar-refractivity contribution >= 4 is 22.5 Å². The van der Waals surface area contributed by atoms with E-state index in [0.717, 1.165) is 22.0 Å². The number of ether oxygens (including phenoxy) is 2. The maximum atomic E-state index is 12.6. The molecule has 0 aliphatic heterocycles. The molecule has 2 aromatic heterocycles. The smallest absolute Gasteiger partial charge is 0.228 e. The average Bonchev–Trinajstić information content (AvgIpc) is 3.16. The number of hydrogen-bond acceptors (Lipinski definition) is 4. The van der Waals surface area contributed by atoms with Gasteiger partial charge in [-0.1, -0.05) is 24.3 Å². The molecule has 0 aliphatic carbocycles. The number of aromatic amines is 1. The molecule has 0 atom stereocenters. The molecule has 1 amide bonds. The van der Waals surface area contributed by atoms with Gasteiger partial charge in [-0.15, -0.1) is 0 Å². The second-order valence-electron chi connectivity index (χ2n) is 6.60. The summed E-state index contributed by atoms with van der Waals surface area (Å²) in [5.41, 5.74) is 3.57. The van der Waals surface area contributed by atoms with E-state index in [1.165, 1.54) is 0 Å². The van der Waals surface area contributed by atoms with E-state index in [-0.39, 0.29) is 12.3 Å². The maximum absolute atomic E-state index is 12.6. The molecular formula is C23H21N3O3. The molecule has 6 heteroatoms. The minimum absolute atomic E-state index is 0.0990. The zero-order chi connectivity index (χ0) is 20.1. The summed E-state index contributed by atoms with van der Waals surface area (Å²) < 4.78 is 11.2. The number of anilines is 1. The molecule has 0 bridgehead atoms. The van der Waals surface area contributed by atoms with Gasteiger partial charge < -0.3 is 19.8 Å². The fourth-order valence-electron chi connectivity index (χ4n) is 3.17. The number of hydrogen-bond donors (Lipinski definition) is 2. The third kappa shape index (κ3) is 4.38. The van der Waals surface area contributed by atoms with Gasteiger partial charge in [0.2, 0.25) is 5.91 Å². The molecule has 0 spiro atoms. The lowest BCUT2D eigenvalue weighted by atomic mass is 10.1. The Morgan fingerprint density at radius 2 is 2.00 bits per heavy atom. The van der Waals surface area contributed by atoms with Crippen LogP contribution in [0.3, 0.4) is 0 Å². The molecule has 4 aromatic rings. The van der Waals surface area contributed by atoms with Crippen molar-refractivity contribution in [2.75, 3.05) is 12.4 Å². The van der Waals surface area contributed by atoms with Crippen LogP contribution >= 0.6 is 0 Å². The molecule has 4 rings (SSSR count). The van der Waals surface area contributed by atoms with Crippen LogP contribution in [-0.4, -0.2) is 23.0 Å². The van der Waals surface area contributed by atoms with Crippen LogP contribution in [0.2, 0.25) is 0 Å². The summed E-state index contributed by atoms with van der Waals surface area (Å²) in [5.74, 6) is 1.06. The number of nitrogens with one attached hydrogen (secondary N) is 2. The fourth-order valence-corrected chi connectivity index (χ4v) is 3.17. The van der Waals surface area contributed by atoms with Crippen LogP contribution in [0.5, 0.6) is 11.5 Å². The van der Waals surface area contributed by atoms with Crippen LogP contribution in [0.15, 0.2) is 73.2 Å². The van der Waals surface area contributed by atoms with Gasteiger partial charge in [0.15, 0.2) is 11.5 Å². The predicted octanol–water partition coefficient (Wildman–Crippen LogP) is 4.33. The fraction of sp³-hybridized carbons (Fsp3) is 0.130. The molecule has 2 heterocycles. The molecule has 6 nitrogen and oxygen atoms in total. The number of methoxy groups -OCH3 is 1. The Hall–Kier alpha value is -3.80. The first-order valence-corrected chi connectivity index (χ1v) is 9.27. The lowest BCUT2D eigenvalue weighted by molar-refractivity contribution is -0.115. The zero-order valence-electron chi connectivity index (χ0n) is 16.0. The Balaban J connectivity index is 1.46. The van der Waals surface area contributed by atoms with Gasteiger partial charge >= 0.3 is 0 Å². The van der Waals surface area contributed by atoms with Crippen molar-refractivity contribution < 1.29 is 14.3 Å². The van der Waals surface area contributed by atoms with E-state index in [1.807, 2.05) is 42.6 Å². The molecule has 0 saturated heterocycles. The number of para-hydroxylation sites is 1. The third-order valence-electron chi connectivity index (χ3n) is 4.59. The molecule has 29 heavy (non-hydrogen) atoms. The van der Waals surface area contributed by atoms with Gasteiger partial charge in [-0.3, -0.25) is 9.78 Å². The molecule has 2 aromatic carbocycles. The average molecular weight is 387 g/mol. The van der Waals surface area contributed by atoms with Crippen molar-refractivity contribution in [1.82, 2.24) is 9.97 Å². The summed E-state index contributed by atoms with van der Waals surface area (Å²) in [6.07, 6.45) is 5.62. The van der Waals surface area contributed by atoms with E-state index in [4.69, 9.17) is 9.47 Å². The largest absolute Gasteiger partial charge is 0.493 e. The second-order valence-corrected chi connectivity index (χ2v) is 6.60. The minimum Gasteiger partial charge on any atom is -0.493 e. The van der Waals surface area contributed by atoms with Crippen LogP contribution in [-0.2, 0) is 17.8 Å². The number of carbonyl (C=O) groups is 1. The molecule has 0 fully saturated rings. The highest BCUT2D eigenvalue weighted by Gasteiger charge is 2.11. The maximum Gasteiger partial charge on any atom is 0.228 e. The van der Waals surface area contributed by atoms with Crippen LogP contribution in [0.25, 0.3) is 10.9 Å². The molecule has 0 radical (unpaired) electrons. The lowest BCUT2D eigenvalue weighted by Gasteiger charge is -2.13. The zero-order valence-corrected chi connectivity index (χ0v) is 16.0. The number of aromatic nitrogens is 2. The number of nitrogens with zero attached hydrogens (tertiary/aromatic N) is 1. The van der Waals surface area contributed by atoms with Crippen molar-refractivity contribution in [2.24, 2.45) is 0 Å². The van der Waals surface area contributed by atoms with Crippen LogP contribution in [0, 0.1) is 0 Å². The first-order chi connectivity index (χ1) is 14.2. The van der Waals surface area contributed by atoms with E-state index >= 15 is 0 Å². The van der Waals surface area contributed by atoms with Gasteiger partial charge in [0.05, 0.1) is 13.5 Å². The van der Waals surface area contributed by atoms with Gasteiger partial charge in [0.1, 0.15) is 6.61 Å². The van der Waals surface area contributed by atoms with E-state index < -0.39 is 0 Å². The molecule has 146 valence electrons. The molecule has 0 saturated carbocycles. The number of amides is 1.